The van der Waals surface area contributed by atoms with Gasteiger partial charge in [0.1, 0.15) is 12.4 Å². The zero-order valence-corrected chi connectivity index (χ0v) is 16.9. The van der Waals surface area contributed by atoms with E-state index in [4.69, 9.17) is 27.9 Å². The second-order valence-corrected chi connectivity index (χ2v) is 6.94. The predicted molar refractivity (Wildman–Crippen MR) is 115 cm³/mol. The summed E-state index contributed by atoms with van der Waals surface area (Å²) in [5.41, 5.74) is 3.86. The SMILES string of the molecule is O=C(N/N=C\c1ccc(OCc2ccc(Cl)cc2Cl)cc1)c1cccc([N+](=O)[O-])c1. The molecule has 1 amide bonds. The number of benzene rings is 3. The minimum Gasteiger partial charge on any atom is -0.489 e. The molecule has 7 nitrogen and oxygen atoms in total. The molecule has 9 heteroatoms. The van der Waals surface area contributed by atoms with Gasteiger partial charge in [-0.3, -0.25) is 14.9 Å². The van der Waals surface area contributed by atoms with Crippen LogP contribution in [0.1, 0.15) is 21.5 Å². The summed E-state index contributed by atoms with van der Waals surface area (Å²) < 4.78 is 5.70. The lowest BCUT2D eigenvalue weighted by molar-refractivity contribution is -0.384. The van der Waals surface area contributed by atoms with Gasteiger partial charge in [-0.05, 0) is 48.0 Å². The molecule has 0 aliphatic heterocycles. The van der Waals surface area contributed by atoms with E-state index in [0.717, 1.165) is 11.1 Å². The molecule has 0 heterocycles. The number of carbonyl (C=O) groups is 1. The summed E-state index contributed by atoms with van der Waals surface area (Å²) in [6.45, 7) is 0.294. The molecule has 3 rings (SSSR count). The highest BCUT2D eigenvalue weighted by atomic mass is 35.5. The molecule has 0 aliphatic carbocycles. The van der Waals surface area contributed by atoms with E-state index < -0.39 is 10.8 Å². The molecule has 0 bridgehead atoms. The van der Waals surface area contributed by atoms with E-state index in [1.165, 1.54) is 30.5 Å². The van der Waals surface area contributed by atoms with Crippen molar-refractivity contribution in [2.75, 3.05) is 0 Å². The number of non-ortho nitro benzene ring substituents is 1. The van der Waals surface area contributed by atoms with Gasteiger partial charge in [0.05, 0.1) is 11.1 Å². The third-order valence-electron chi connectivity index (χ3n) is 3.99. The monoisotopic (exact) mass is 443 g/mol. The van der Waals surface area contributed by atoms with Crippen LogP contribution < -0.4 is 10.2 Å². The predicted octanol–water partition coefficient (Wildman–Crippen LogP) is 5.24. The van der Waals surface area contributed by atoms with E-state index in [9.17, 15) is 14.9 Å². The van der Waals surface area contributed by atoms with Gasteiger partial charge in [0.2, 0.25) is 0 Å². The number of hydrogen-bond donors (Lipinski definition) is 1. The van der Waals surface area contributed by atoms with Gasteiger partial charge in [-0.25, -0.2) is 5.43 Å². The van der Waals surface area contributed by atoms with E-state index in [-0.39, 0.29) is 11.3 Å². The molecule has 0 aliphatic rings. The van der Waals surface area contributed by atoms with Crippen LogP contribution in [-0.2, 0) is 6.61 Å². The molecular weight excluding hydrogens is 429 g/mol. The van der Waals surface area contributed by atoms with Gasteiger partial charge < -0.3 is 4.74 Å². The second kappa shape index (κ2) is 9.87. The number of nitrogens with zero attached hydrogens (tertiary/aromatic N) is 2. The van der Waals surface area contributed by atoms with Crippen LogP contribution in [0.5, 0.6) is 5.75 Å². The molecular formula is C21H15Cl2N3O4. The molecule has 30 heavy (non-hydrogen) atoms. The average molecular weight is 444 g/mol. The van der Waals surface area contributed by atoms with Crippen molar-refractivity contribution in [3.8, 4) is 5.75 Å². The summed E-state index contributed by atoms with van der Waals surface area (Å²) in [6.07, 6.45) is 1.45. The number of hydrazone groups is 1. The van der Waals surface area contributed by atoms with Crippen LogP contribution in [0.3, 0.4) is 0 Å². The van der Waals surface area contributed by atoms with Gasteiger partial charge in [-0.15, -0.1) is 0 Å². The Morgan fingerprint density at radius 1 is 1.10 bits per heavy atom. The molecule has 0 atom stereocenters. The number of carbonyl (C=O) groups excluding carboxylic acids is 1. The van der Waals surface area contributed by atoms with Gasteiger partial charge in [0.25, 0.3) is 11.6 Å². The lowest BCUT2D eigenvalue weighted by atomic mass is 10.2. The van der Waals surface area contributed by atoms with Gasteiger partial charge in [0, 0.05) is 33.3 Å². The van der Waals surface area contributed by atoms with E-state index in [1.807, 2.05) is 0 Å². The van der Waals surface area contributed by atoms with Gasteiger partial charge >= 0.3 is 0 Å². The zero-order chi connectivity index (χ0) is 21.5. The van der Waals surface area contributed by atoms with Crippen LogP contribution in [0, 0.1) is 10.1 Å². The normalized spacial score (nSPS) is 10.7. The summed E-state index contributed by atoms with van der Waals surface area (Å²) >= 11 is 12.0. The first-order valence-corrected chi connectivity index (χ1v) is 9.42. The van der Waals surface area contributed by atoms with Crippen molar-refractivity contribution in [2.45, 2.75) is 6.61 Å². The second-order valence-electron chi connectivity index (χ2n) is 6.10. The number of nitro benzene ring substituents is 1. The lowest BCUT2D eigenvalue weighted by Crippen LogP contribution is -2.17. The topological polar surface area (TPSA) is 93.8 Å². The maximum absolute atomic E-state index is 12.0. The minimum absolute atomic E-state index is 0.144. The van der Waals surface area contributed by atoms with Crippen molar-refractivity contribution in [3.05, 3.63) is 104 Å². The Hall–Kier alpha value is -3.42. The molecule has 3 aromatic rings. The van der Waals surface area contributed by atoms with Crippen LogP contribution in [0.2, 0.25) is 10.0 Å². The maximum Gasteiger partial charge on any atom is 0.271 e. The highest BCUT2D eigenvalue weighted by Gasteiger charge is 2.10. The first-order chi connectivity index (χ1) is 14.4. The quantitative estimate of drug-likeness (QED) is 0.306. The van der Waals surface area contributed by atoms with E-state index >= 15 is 0 Å². The fourth-order valence-electron chi connectivity index (χ4n) is 2.44. The van der Waals surface area contributed by atoms with Crippen molar-refractivity contribution in [1.82, 2.24) is 5.43 Å². The summed E-state index contributed by atoms with van der Waals surface area (Å²) in [4.78, 5) is 22.3. The summed E-state index contributed by atoms with van der Waals surface area (Å²) in [6, 6.07) is 17.6. The van der Waals surface area contributed by atoms with Crippen LogP contribution in [0.4, 0.5) is 5.69 Å². The van der Waals surface area contributed by atoms with Crippen molar-refractivity contribution in [2.24, 2.45) is 5.10 Å². The first-order valence-electron chi connectivity index (χ1n) is 8.67. The summed E-state index contributed by atoms with van der Waals surface area (Å²) in [5.74, 6) is 0.0912. The third kappa shape index (κ3) is 5.79. The minimum atomic E-state index is -0.565. The van der Waals surface area contributed by atoms with Crippen LogP contribution in [-0.4, -0.2) is 17.0 Å². The smallest absolute Gasteiger partial charge is 0.271 e. The highest BCUT2D eigenvalue weighted by Crippen LogP contribution is 2.22. The number of amides is 1. The Morgan fingerprint density at radius 2 is 1.87 bits per heavy atom. The van der Waals surface area contributed by atoms with Crippen molar-refractivity contribution < 1.29 is 14.5 Å². The van der Waals surface area contributed by atoms with E-state index in [0.29, 0.717) is 22.4 Å². The average Bonchev–Trinajstić information content (AvgIpc) is 2.74. The molecule has 0 spiro atoms. The van der Waals surface area contributed by atoms with Crippen LogP contribution in [0.15, 0.2) is 71.8 Å². The Bertz CT molecular complexity index is 1100. The number of ether oxygens (including phenoxy) is 1. The number of rotatable bonds is 7. The van der Waals surface area contributed by atoms with E-state index in [2.05, 4.69) is 10.5 Å². The molecule has 152 valence electrons. The lowest BCUT2D eigenvalue weighted by Gasteiger charge is -2.08. The number of nitrogens with one attached hydrogen (secondary N) is 1. The summed E-state index contributed by atoms with van der Waals surface area (Å²) in [7, 11) is 0. The molecule has 0 saturated heterocycles. The Labute approximate surface area is 182 Å². The highest BCUT2D eigenvalue weighted by molar-refractivity contribution is 6.35. The molecule has 0 fully saturated rings. The fourth-order valence-corrected chi connectivity index (χ4v) is 2.90. The molecule has 0 radical (unpaired) electrons. The maximum atomic E-state index is 12.0. The molecule has 3 aromatic carbocycles. The number of nitro groups is 1. The Kier molecular flexibility index (Phi) is 7.00. The van der Waals surface area contributed by atoms with Gasteiger partial charge in [0.15, 0.2) is 0 Å². The van der Waals surface area contributed by atoms with Crippen molar-refractivity contribution >= 4 is 41.0 Å². The van der Waals surface area contributed by atoms with Gasteiger partial charge in [-0.2, -0.15) is 5.10 Å². The van der Waals surface area contributed by atoms with Crippen LogP contribution >= 0.6 is 23.2 Å². The molecule has 1 N–H and O–H groups in total. The van der Waals surface area contributed by atoms with Crippen molar-refractivity contribution in [3.63, 3.8) is 0 Å². The number of halogens is 2. The number of hydrogen-bond acceptors (Lipinski definition) is 5. The summed E-state index contributed by atoms with van der Waals surface area (Å²) in [5, 5.41) is 15.7. The zero-order valence-electron chi connectivity index (χ0n) is 15.4. The Balaban J connectivity index is 1.55. The fraction of sp³-hybridized carbons (Fsp3) is 0.0476. The Morgan fingerprint density at radius 3 is 2.57 bits per heavy atom. The largest absolute Gasteiger partial charge is 0.489 e. The molecule has 0 aromatic heterocycles. The van der Waals surface area contributed by atoms with E-state index in [1.54, 1.807) is 42.5 Å². The standard InChI is InChI=1S/C21H15Cl2N3O4/c22-17-7-6-16(20(23)11-17)13-30-19-8-4-14(5-9-19)12-24-25-21(27)15-2-1-3-18(10-15)26(28)29/h1-12H,13H2,(H,25,27)/b24-12-. The molecule has 0 saturated carbocycles. The van der Waals surface area contributed by atoms with Crippen molar-refractivity contribution in [1.29, 1.82) is 0 Å². The first kappa shape index (κ1) is 21.3. The molecule has 0 unspecified atom stereocenters. The van der Waals surface area contributed by atoms with Gasteiger partial charge in [-0.1, -0.05) is 35.3 Å². The van der Waals surface area contributed by atoms with Crippen LogP contribution in [0.25, 0.3) is 0 Å². The third-order valence-corrected chi connectivity index (χ3v) is 4.58.